The number of primary amides is 1. The highest BCUT2D eigenvalue weighted by atomic mass is 32.2. The Balaban J connectivity index is 1.54. The van der Waals surface area contributed by atoms with E-state index in [9.17, 15) is 9.18 Å². The van der Waals surface area contributed by atoms with Gasteiger partial charge in [0.05, 0.1) is 17.3 Å². The summed E-state index contributed by atoms with van der Waals surface area (Å²) in [5.74, 6) is -0.316. The van der Waals surface area contributed by atoms with Gasteiger partial charge in [-0.1, -0.05) is 17.7 Å². The van der Waals surface area contributed by atoms with Gasteiger partial charge in [-0.25, -0.2) is 23.7 Å². The average molecular weight is 496 g/mol. The summed E-state index contributed by atoms with van der Waals surface area (Å²) in [5, 5.41) is 3.07. The number of amides is 1. The second-order valence-corrected chi connectivity index (χ2v) is 9.73. The zero-order valence-corrected chi connectivity index (χ0v) is 19.2. The number of amidine groups is 1. The topological polar surface area (TPSA) is 141 Å². The number of nitrogens with zero attached hydrogens (tertiary/aromatic N) is 4. The molecule has 5 rings (SSSR count). The molecule has 0 saturated heterocycles. The molecule has 0 bridgehead atoms. The zero-order valence-electron chi connectivity index (χ0n) is 18.4. The van der Waals surface area contributed by atoms with Crippen LogP contribution in [0.15, 0.2) is 35.6 Å². The highest BCUT2D eigenvalue weighted by Gasteiger charge is 2.70. The van der Waals surface area contributed by atoms with Crippen molar-refractivity contribution in [1.82, 2.24) is 15.0 Å². The molecule has 1 aliphatic carbocycles. The van der Waals surface area contributed by atoms with E-state index in [1.807, 2.05) is 0 Å². The molecule has 0 spiro atoms. The molecule has 12 heteroatoms. The molecular formula is C23H19F2N7O2S. The van der Waals surface area contributed by atoms with Crippen molar-refractivity contribution in [3.63, 3.8) is 0 Å². The first-order valence-corrected chi connectivity index (χ1v) is 11.3. The summed E-state index contributed by atoms with van der Waals surface area (Å²) in [6.45, 7) is 1.66. The first kappa shape index (κ1) is 22.8. The highest BCUT2D eigenvalue weighted by molar-refractivity contribution is 8.15. The number of hydrogen-bond donors (Lipinski definition) is 3. The number of anilines is 2. The second kappa shape index (κ2) is 8.06. The maximum Gasteiger partial charge on any atom is 0.234 e. The van der Waals surface area contributed by atoms with Gasteiger partial charge in [-0.15, -0.1) is 6.42 Å². The van der Waals surface area contributed by atoms with Gasteiger partial charge in [0.25, 0.3) is 0 Å². The third kappa shape index (κ3) is 3.68. The Morgan fingerprint density at radius 2 is 2.20 bits per heavy atom. The normalized spacial score (nSPS) is 24.7. The van der Waals surface area contributed by atoms with Crippen LogP contribution in [0.4, 0.5) is 20.3 Å². The van der Waals surface area contributed by atoms with Gasteiger partial charge in [-0.05, 0) is 25.5 Å². The van der Waals surface area contributed by atoms with Gasteiger partial charge in [-0.2, -0.15) is 0 Å². The Morgan fingerprint density at radius 1 is 1.40 bits per heavy atom. The molecule has 9 nitrogen and oxygen atoms in total. The number of fused-ring (bicyclic) bond motifs is 2. The standard InChI is InChI=1S/C23H19F2N7O2S/c1-3-6-34-16-10-29-18-14(31-16)4-5-28-19(18)30-11-7-12(17(25)13(24)8-11)22(2)15-9-23(15,20(26)33)35-21(27)32-22/h1,4-5,7-8,10,15H,6,9H2,2H3,(H2,26,33)(H2,27,32)(H,28,30)/t15-,22+,23-/m0/s1. The van der Waals surface area contributed by atoms with Crippen LogP contribution >= 0.6 is 11.8 Å². The van der Waals surface area contributed by atoms with Crippen LogP contribution in [-0.4, -0.2) is 37.4 Å². The van der Waals surface area contributed by atoms with E-state index in [4.69, 9.17) is 22.6 Å². The lowest BCUT2D eigenvalue weighted by atomic mass is 9.85. The number of rotatable bonds is 6. The summed E-state index contributed by atoms with van der Waals surface area (Å²) < 4.78 is 34.2. The monoisotopic (exact) mass is 495 g/mol. The summed E-state index contributed by atoms with van der Waals surface area (Å²) in [5.41, 5.74) is 11.3. The molecule has 35 heavy (non-hydrogen) atoms. The summed E-state index contributed by atoms with van der Waals surface area (Å²) in [6.07, 6.45) is 8.43. The average Bonchev–Trinajstić information content (AvgIpc) is 3.57. The number of aliphatic imine (C=N–C) groups is 1. The molecule has 1 aromatic carbocycles. The Kier molecular flexibility index (Phi) is 5.25. The molecule has 0 unspecified atom stereocenters. The predicted molar refractivity (Wildman–Crippen MR) is 128 cm³/mol. The molecule has 1 aliphatic heterocycles. The number of benzene rings is 1. The Hall–Kier alpha value is -3.98. The molecular weight excluding hydrogens is 476 g/mol. The van der Waals surface area contributed by atoms with E-state index in [0.29, 0.717) is 17.5 Å². The molecule has 5 N–H and O–H groups in total. The molecule has 0 radical (unpaired) electrons. The van der Waals surface area contributed by atoms with Crippen LogP contribution < -0.4 is 21.5 Å². The van der Waals surface area contributed by atoms with Crippen molar-refractivity contribution in [2.45, 2.75) is 23.6 Å². The maximum absolute atomic E-state index is 15.1. The van der Waals surface area contributed by atoms with E-state index in [-0.39, 0.29) is 34.7 Å². The molecule has 3 aromatic rings. The molecule has 1 fully saturated rings. The van der Waals surface area contributed by atoms with Crippen LogP contribution in [0.5, 0.6) is 5.88 Å². The lowest BCUT2D eigenvalue weighted by Crippen LogP contribution is -2.42. The van der Waals surface area contributed by atoms with Crippen molar-refractivity contribution in [3.05, 3.63) is 47.8 Å². The molecule has 1 amide bonds. The molecule has 3 atom stereocenters. The van der Waals surface area contributed by atoms with Crippen molar-refractivity contribution in [2.75, 3.05) is 11.9 Å². The first-order valence-electron chi connectivity index (χ1n) is 10.5. The molecule has 178 valence electrons. The van der Waals surface area contributed by atoms with Gasteiger partial charge in [0.2, 0.25) is 11.8 Å². The van der Waals surface area contributed by atoms with Crippen LogP contribution in [0.3, 0.4) is 0 Å². The number of carbonyl (C=O) groups is 1. The minimum atomic E-state index is -1.29. The van der Waals surface area contributed by atoms with Gasteiger partial charge in [-0.3, -0.25) is 9.79 Å². The third-order valence-electron chi connectivity index (χ3n) is 6.21. The fourth-order valence-corrected chi connectivity index (χ4v) is 5.80. The van der Waals surface area contributed by atoms with Gasteiger partial charge < -0.3 is 21.5 Å². The van der Waals surface area contributed by atoms with Crippen molar-refractivity contribution < 1.29 is 18.3 Å². The van der Waals surface area contributed by atoms with Crippen molar-refractivity contribution in [3.8, 4) is 18.2 Å². The quantitative estimate of drug-likeness (QED) is 0.443. The lowest BCUT2D eigenvalue weighted by molar-refractivity contribution is -0.118. The van der Waals surface area contributed by atoms with E-state index in [0.717, 1.165) is 17.8 Å². The van der Waals surface area contributed by atoms with E-state index < -0.39 is 33.7 Å². The number of hydrogen-bond acceptors (Lipinski definition) is 9. The van der Waals surface area contributed by atoms with Gasteiger partial charge in [0.15, 0.2) is 29.2 Å². The maximum atomic E-state index is 15.1. The van der Waals surface area contributed by atoms with Gasteiger partial charge >= 0.3 is 0 Å². The summed E-state index contributed by atoms with van der Waals surface area (Å²) in [6, 6.07) is 4.05. The van der Waals surface area contributed by atoms with E-state index >= 15 is 4.39 Å². The minimum Gasteiger partial charge on any atom is -0.463 e. The summed E-state index contributed by atoms with van der Waals surface area (Å²) in [4.78, 5) is 29.4. The van der Waals surface area contributed by atoms with Crippen molar-refractivity contribution >= 4 is 45.4 Å². The molecule has 2 aromatic heterocycles. The smallest absolute Gasteiger partial charge is 0.234 e. The van der Waals surface area contributed by atoms with E-state index in [2.05, 4.69) is 31.2 Å². The van der Waals surface area contributed by atoms with Crippen LogP contribution in [-0.2, 0) is 10.3 Å². The Bertz CT molecular complexity index is 1460. The predicted octanol–water partition coefficient (Wildman–Crippen LogP) is 2.58. The van der Waals surface area contributed by atoms with Crippen molar-refractivity contribution in [1.29, 1.82) is 0 Å². The zero-order chi connectivity index (χ0) is 25.0. The number of ether oxygens (including phenoxy) is 1. The third-order valence-corrected chi connectivity index (χ3v) is 7.53. The largest absolute Gasteiger partial charge is 0.463 e. The molecule has 2 aliphatic rings. The van der Waals surface area contributed by atoms with Gasteiger partial charge in [0.1, 0.15) is 10.3 Å². The first-order chi connectivity index (χ1) is 16.7. The number of aromatic nitrogens is 3. The molecule has 1 saturated carbocycles. The van der Waals surface area contributed by atoms with E-state index in [1.165, 1.54) is 18.5 Å². The molecule has 3 heterocycles. The fraction of sp³-hybridized carbons (Fsp3) is 0.261. The number of nitrogens with two attached hydrogens (primary N) is 2. The number of pyridine rings is 1. The van der Waals surface area contributed by atoms with E-state index in [1.54, 1.807) is 13.0 Å². The van der Waals surface area contributed by atoms with Crippen LogP contribution in [0, 0.1) is 29.9 Å². The fourth-order valence-electron chi connectivity index (χ4n) is 4.47. The number of halogens is 2. The number of nitrogens with one attached hydrogen (secondary N) is 1. The number of thioether (sulfide) groups is 1. The Morgan fingerprint density at radius 3 is 2.94 bits per heavy atom. The second-order valence-electron chi connectivity index (χ2n) is 8.38. The SMILES string of the molecule is C#CCOc1cnc2c(Nc3cc(F)c(F)c([C@@]4(C)N=C(N)S[C@@]5(C(N)=O)C[C@H]54)c3)nccc2n1. The summed E-state index contributed by atoms with van der Waals surface area (Å²) >= 11 is 1.07. The van der Waals surface area contributed by atoms with Crippen molar-refractivity contribution in [2.24, 2.45) is 22.4 Å². The van der Waals surface area contributed by atoms with Crippen LogP contribution in [0.1, 0.15) is 18.9 Å². The number of terminal acetylenes is 1. The lowest BCUT2D eigenvalue weighted by Gasteiger charge is -2.33. The minimum absolute atomic E-state index is 0.0380. The summed E-state index contributed by atoms with van der Waals surface area (Å²) in [7, 11) is 0. The number of carbonyl (C=O) groups excluding carboxylic acids is 1. The van der Waals surface area contributed by atoms with Crippen LogP contribution in [0.2, 0.25) is 0 Å². The highest BCUT2D eigenvalue weighted by Crippen LogP contribution is 2.65. The van der Waals surface area contributed by atoms with Crippen LogP contribution in [0.25, 0.3) is 11.0 Å². The Labute approximate surface area is 202 Å². The van der Waals surface area contributed by atoms with Gasteiger partial charge in [0, 0.05) is 29.4 Å².